The van der Waals surface area contributed by atoms with E-state index in [-0.39, 0.29) is 6.61 Å². The molecule has 0 amide bonds. The van der Waals surface area contributed by atoms with E-state index in [1.807, 2.05) is 0 Å². The van der Waals surface area contributed by atoms with Gasteiger partial charge in [0, 0.05) is 18.9 Å². The number of nitriles is 1. The van der Waals surface area contributed by atoms with Gasteiger partial charge in [0.1, 0.15) is 18.2 Å². The van der Waals surface area contributed by atoms with Gasteiger partial charge in [-0.25, -0.2) is 15.8 Å². The molecule has 7 heteroatoms. The molecular formula is C13H14N6O. The van der Waals surface area contributed by atoms with Gasteiger partial charge in [-0.05, 0) is 24.3 Å². The van der Waals surface area contributed by atoms with Crippen LogP contribution in [0, 0.1) is 11.3 Å². The Labute approximate surface area is 116 Å². The maximum Gasteiger partial charge on any atom is 0.158 e. The van der Waals surface area contributed by atoms with Crippen LogP contribution in [0.3, 0.4) is 0 Å². The number of hydrogen-bond donors (Lipinski definition) is 3. The number of anilines is 3. The minimum Gasteiger partial charge on any atom is -0.377 e. The molecule has 1 aromatic heterocycles. The summed E-state index contributed by atoms with van der Waals surface area (Å²) in [6, 6.07) is 10.8. The fourth-order valence-electron chi connectivity index (χ4n) is 1.60. The number of aromatic nitrogens is 2. The third-order valence-corrected chi connectivity index (χ3v) is 2.48. The summed E-state index contributed by atoms with van der Waals surface area (Å²) in [6.45, 7) is 0.289. The lowest BCUT2D eigenvalue weighted by Gasteiger charge is -2.09. The SMILES string of the molecule is COCc1nc(NN)cc(Nc2ccc(C#N)cc2)n1. The number of nitrogen functional groups attached to an aromatic ring is 1. The standard InChI is InChI=1S/C13H14N6O/c1-20-8-13-17-11(6-12(18-13)19-15)16-10-4-2-9(7-14)3-5-10/h2-6H,8,15H2,1H3,(H2,16,17,18,19). The highest BCUT2D eigenvalue weighted by atomic mass is 16.5. The molecule has 1 aromatic carbocycles. The second-order valence-corrected chi connectivity index (χ2v) is 3.95. The normalized spacial score (nSPS) is 9.85. The van der Waals surface area contributed by atoms with Crippen LogP contribution in [0.5, 0.6) is 0 Å². The molecule has 7 nitrogen and oxygen atoms in total. The van der Waals surface area contributed by atoms with E-state index in [9.17, 15) is 0 Å². The lowest BCUT2D eigenvalue weighted by atomic mass is 10.2. The van der Waals surface area contributed by atoms with Gasteiger partial charge in [0.05, 0.1) is 11.6 Å². The van der Waals surface area contributed by atoms with E-state index in [1.54, 1.807) is 37.4 Å². The van der Waals surface area contributed by atoms with Gasteiger partial charge in [-0.15, -0.1) is 0 Å². The molecule has 0 radical (unpaired) electrons. The number of benzene rings is 1. The van der Waals surface area contributed by atoms with Crippen LogP contribution in [0.1, 0.15) is 11.4 Å². The van der Waals surface area contributed by atoms with Gasteiger partial charge in [-0.1, -0.05) is 0 Å². The largest absolute Gasteiger partial charge is 0.377 e. The highest BCUT2D eigenvalue weighted by Gasteiger charge is 2.04. The van der Waals surface area contributed by atoms with E-state index < -0.39 is 0 Å². The molecule has 2 aromatic rings. The highest BCUT2D eigenvalue weighted by Crippen LogP contribution is 2.17. The summed E-state index contributed by atoms with van der Waals surface area (Å²) in [7, 11) is 1.57. The van der Waals surface area contributed by atoms with Crippen molar-refractivity contribution < 1.29 is 4.74 Å². The Kier molecular flexibility index (Phi) is 4.44. The maximum atomic E-state index is 8.75. The summed E-state index contributed by atoms with van der Waals surface area (Å²) in [5.41, 5.74) is 3.89. The number of rotatable bonds is 5. The zero-order valence-electron chi connectivity index (χ0n) is 10.9. The number of methoxy groups -OCH3 is 1. The quantitative estimate of drug-likeness (QED) is 0.558. The van der Waals surface area contributed by atoms with E-state index in [2.05, 4.69) is 26.8 Å². The lowest BCUT2D eigenvalue weighted by Crippen LogP contribution is -2.11. The number of ether oxygens (including phenoxy) is 1. The van der Waals surface area contributed by atoms with Crippen molar-refractivity contribution in [1.29, 1.82) is 5.26 Å². The van der Waals surface area contributed by atoms with Gasteiger partial charge in [-0.3, -0.25) is 0 Å². The van der Waals surface area contributed by atoms with Crippen LogP contribution in [0.15, 0.2) is 30.3 Å². The summed E-state index contributed by atoms with van der Waals surface area (Å²) in [5, 5.41) is 11.9. The van der Waals surface area contributed by atoms with Gasteiger partial charge in [-0.2, -0.15) is 5.26 Å². The summed E-state index contributed by atoms with van der Waals surface area (Å²) >= 11 is 0. The van der Waals surface area contributed by atoms with Crippen LogP contribution in [-0.4, -0.2) is 17.1 Å². The monoisotopic (exact) mass is 270 g/mol. The highest BCUT2D eigenvalue weighted by molar-refractivity contribution is 5.59. The first-order valence-corrected chi connectivity index (χ1v) is 5.86. The minimum atomic E-state index is 0.289. The van der Waals surface area contributed by atoms with Crippen LogP contribution < -0.4 is 16.6 Å². The van der Waals surface area contributed by atoms with Gasteiger partial charge in [0.2, 0.25) is 0 Å². The number of hydrogen-bond acceptors (Lipinski definition) is 7. The summed E-state index contributed by atoms with van der Waals surface area (Å²) in [5.74, 6) is 6.96. The van der Waals surface area contributed by atoms with Crippen molar-refractivity contribution in [3.63, 3.8) is 0 Å². The van der Waals surface area contributed by atoms with E-state index in [0.29, 0.717) is 23.0 Å². The van der Waals surface area contributed by atoms with Gasteiger partial charge in [0.25, 0.3) is 0 Å². The molecule has 1 heterocycles. The van der Waals surface area contributed by atoms with Gasteiger partial charge < -0.3 is 15.5 Å². The van der Waals surface area contributed by atoms with E-state index in [0.717, 1.165) is 5.69 Å². The van der Waals surface area contributed by atoms with Crippen molar-refractivity contribution >= 4 is 17.3 Å². The maximum absolute atomic E-state index is 8.75. The predicted molar refractivity (Wildman–Crippen MR) is 75.0 cm³/mol. The Bertz CT molecular complexity index is 620. The molecule has 0 bridgehead atoms. The van der Waals surface area contributed by atoms with Gasteiger partial charge >= 0.3 is 0 Å². The van der Waals surface area contributed by atoms with Crippen molar-refractivity contribution in [2.75, 3.05) is 17.9 Å². The van der Waals surface area contributed by atoms with E-state index in [1.165, 1.54) is 0 Å². The van der Waals surface area contributed by atoms with Crippen LogP contribution in [0.2, 0.25) is 0 Å². The molecule has 0 atom stereocenters. The third-order valence-electron chi connectivity index (χ3n) is 2.48. The molecule has 0 saturated heterocycles. The number of nitrogens with two attached hydrogens (primary N) is 1. The zero-order chi connectivity index (χ0) is 14.4. The van der Waals surface area contributed by atoms with Crippen LogP contribution in [0.4, 0.5) is 17.3 Å². The average molecular weight is 270 g/mol. The Morgan fingerprint density at radius 1 is 1.25 bits per heavy atom. The molecule has 20 heavy (non-hydrogen) atoms. The van der Waals surface area contributed by atoms with Crippen LogP contribution in [-0.2, 0) is 11.3 Å². The zero-order valence-corrected chi connectivity index (χ0v) is 10.9. The Morgan fingerprint density at radius 2 is 1.95 bits per heavy atom. The molecule has 0 aliphatic heterocycles. The molecule has 0 saturated carbocycles. The first kappa shape index (κ1) is 13.7. The first-order chi connectivity index (χ1) is 9.75. The van der Waals surface area contributed by atoms with Crippen molar-refractivity contribution in [1.82, 2.24) is 9.97 Å². The molecule has 102 valence electrons. The smallest absolute Gasteiger partial charge is 0.158 e. The first-order valence-electron chi connectivity index (χ1n) is 5.86. The fraction of sp³-hybridized carbons (Fsp3) is 0.154. The van der Waals surface area contributed by atoms with E-state index >= 15 is 0 Å². The predicted octanol–water partition coefficient (Wildman–Crippen LogP) is 1.52. The summed E-state index contributed by atoms with van der Waals surface area (Å²) in [6.07, 6.45) is 0. The minimum absolute atomic E-state index is 0.289. The third kappa shape index (κ3) is 3.41. The number of nitrogens with zero attached hydrogens (tertiary/aromatic N) is 3. The van der Waals surface area contributed by atoms with Crippen molar-refractivity contribution in [2.24, 2.45) is 5.84 Å². The molecule has 0 aliphatic carbocycles. The number of nitrogens with one attached hydrogen (secondary N) is 2. The second-order valence-electron chi connectivity index (χ2n) is 3.95. The second kappa shape index (κ2) is 6.47. The molecule has 4 N–H and O–H groups in total. The van der Waals surface area contributed by atoms with Crippen molar-refractivity contribution in [3.05, 3.63) is 41.7 Å². The molecule has 0 aliphatic rings. The lowest BCUT2D eigenvalue weighted by molar-refractivity contribution is 0.178. The number of hydrazine groups is 1. The van der Waals surface area contributed by atoms with Crippen LogP contribution in [0.25, 0.3) is 0 Å². The van der Waals surface area contributed by atoms with E-state index in [4.69, 9.17) is 15.8 Å². The molecule has 2 rings (SSSR count). The average Bonchev–Trinajstić information content (AvgIpc) is 2.48. The van der Waals surface area contributed by atoms with Gasteiger partial charge in [0.15, 0.2) is 5.82 Å². The molecule has 0 fully saturated rings. The molecular weight excluding hydrogens is 256 g/mol. The molecule has 0 spiro atoms. The Hall–Kier alpha value is -2.69. The van der Waals surface area contributed by atoms with Crippen molar-refractivity contribution in [3.8, 4) is 6.07 Å². The van der Waals surface area contributed by atoms with Crippen molar-refractivity contribution in [2.45, 2.75) is 6.61 Å². The topological polar surface area (TPSA) is 109 Å². The Morgan fingerprint density at radius 3 is 2.55 bits per heavy atom. The fourth-order valence-corrected chi connectivity index (χ4v) is 1.60. The summed E-state index contributed by atoms with van der Waals surface area (Å²) in [4.78, 5) is 8.46. The molecule has 0 unspecified atom stereocenters. The van der Waals surface area contributed by atoms with Crippen LogP contribution >= 0.6 is 0 Å². The summed E-state index contributed by atoms with van der Waals surface area (Å²) < 4.78 is 5.01. The Balaban J connectivity index is 2.22.